The molecule has 0 amide bonds. The highest BCUT2D eigenvalue weighted by atomic mass is 32.1. The van der Waals surface area contributed by atoms with Crippen molar-refractivity contribution in [1.82, 2.24) is 0 Å². The van der Waals surface area contributed by atoms with E-state index in [9.17, 15) is 9.59 Å². The average molecular weight is 181 g/mol. The van der Waals surface area contributed by atoms with Crippen LogP contribution in [-0.2, 0) is 9.59 Å². The van der Waals surface area contributed by atoms with Gasteiger partial charge in [-0.1, -0.05) is 0 Å². The number of carboxylic acid groups (broad SMARTS) is 1. The zero-order chi connectivity index (χ0) is 8.36. The number of hydrogen-bond donors (Lipinski definition) is 4. The van der Waals surface area contributed by atoms with Gasteiger partial charge in [0.1, 0.15) is 0 Å². The van der Waals surface area contributed by atoms with Gasteiger partial charge in [0.05, 0.1) is 0 Å². The van der Waals surface area contributed by atoms with E-state index >= 15 is 0 Å². The van der Waals surface area contributed by atoms with Crippen molar-refractivity contribution in [3.05, 3.63) is 0 Å². The molecule has 1 unspecified atom stereocenters. The Kier molecular flexibility index (Phi) is 3.20. The summed E-state index contributed by atoms with van der Waals surface area (Å²) in [5.41, 5.74) is 4.98. The molecule has 0 spiro atoms. The Bertz CT molecular complexity index is 156. The van der Waals surface area contributed by atoms with Gasteiger partial charge in [0.25, 0.3) is 0 Å². The third kappa shape index (κ3) is 1.65. The zero-order valence-electron chi connectivity index (χ0n) is 4.94. The number of thiol groups is 2. The fraction of sp³-hybridized carbons (Fsp3) is 0.500. The quantitative estimate of drug-likeness (QED) is 0.338. The monoisotopic (exact) mass is 181 g/mol. The van der Waals surface area contributed by atoms with Crippen LogP contribution in [0.25, 0.3) is 0 Å². The van der Waals surface area contributed by atoms with E-state index in [0.29, 0.717) is 0 Å². The molecule has 0 fully saturated rings. The highest BCUT2D eigenvalue weighted by molar-refractivity contribution is 8.00. The summed E-state index contributed by atoms with van der Waals surface area (Å²) in [6.07, 6.45) is 0. The molecule has 0 rings (SSSR count). The van der Waals surface area contributed by atoms with Crippen LogP contribution in [0.2, 0.25) is 0 Å². The Morgan fingerprint density at radius 1 is 1.60 bits per heavy atom. The molecule has 10 heavy (non-hydrogen) atoms. The molecule has 0 aromatic rings. The van der Waals surface area contributed by atoms with Gasteiger partial charge in [-0.2, -0.15) is 12.6 Å². The lowest BCUT2D eigenvalue weighted by molar-refractivity contribution is -0.141. The molecular weight excluding hydrogens is 174 g/mol. The minimum atomic E-state index is -1.84. The summed E-state index contributed by atoms with van der Waals surface area (Å²) in [5.74, 6) is -1.38. The first-order valence-electron chi connectivity index (χ1n) is 2.34. The van der Waals surface area contributed by atoms with E-state index in [-0.39, 0.29) is 6.54 Å². The van der Waals surface area contributed by atoms with Crippen molar-refractivity contribution in [2.45, 2.75) is 4.75 Å². The Morgan fingerprint density at radius 2 is 2.00 bits per heavy atom. The van der Waals surface area contributed by atoms with Gasteiger partial charge in [-0.25, -0.2) is 0 Å². The number of carbonyl (C=O) groups excluding carboxylic acids is 1. The molecule has 0 aliphatic heterocycles. The number of hydrogen-bond acceptors (Lipinski definition) is 4. The molecule has 0 bridgehead atoms. The summed E-state index contributed by atoms with van der Waals surface area (Å²) in [6.45, 7) is -0.367. The average Bonchev–Trinajstić information content (AvgIpc) is 1.85. The molecule has 0 saturated heterocycles. The van der Waals surface area contributed by atoms with E-state index in [1.165, 1.54) is 0 Å². The molecule has 4 nitrogen and oxygen atoms in total. The molecule has 0 aromatic carbocycles. The molecule has 0 heterocycles. The van der Waals surface area contributed by atoms with Crippen molar-refractivity contribution in [3.63, 3.8) is 0 Å². The second kappa shape index (κ2) is 3.27. The van der Waals surface area contributed by atoms with E-state index < -0.39 is 15.8 Å². The zero-order valence-corrected chi connectivity index (χ0v) is 6.73. The maximum absolute atomic E-state index is 10.5. The van der Waals surface area contributed by atoms with E-state index in [4.69, 9.17) is 10.8 Å². The van der Waals surface area contributed by atoms with Gasteiger partial charge in [-0.05, 0) is 0 Å². The fourth-order valence-electron chi connectivity index (χ4n) is 0.266. The molecule has 0 aliphatic carbocycles. The van der Waals surface area contributed by atoms with Gasteiger partial charge >= 0.3 is 5.97 Å². The van der Waals surface area contributed by atoms with Crippen molar-refractivity contribution in [2.75, 3.05) is 6.54 Å². The topological polar surface area (TPSA) is 80.4 Å². The van der Waals surface area contributed by atoms with Gasteiger partial charge in [0.15, 0.2) is 4.75 Å². The second-order valence-electron chi connectivity index (χ2n) is 1.67. The van der Waals surface area contributed by atoms with Crippen LogP contribution in [0.5, 0.6) is 0 Å². The van der Waals surface area contributed by atoms with Crippen LogP contribution in [-0.4, -0.2) is 27.5 Å². The standard InChI is InChI=1S/C4H7NO3S2/c5-1-4(10,2(6)7)3(8)9/h10H,1,5H2,(H,6,7)(H,8,9). The first-order chi connectivity index (χ1) is 4.45. The Labute approximate surface area is 68.6 Å². The van der Waals surface area contributed by atoms with Gasteiger partial charge in [-0.3, -0.25) is 9.59 Å². The lowest BCUT2D eigenvalue weighted by atomic mass is 10.1. The summed E-state index contributed by atoms with van der Waals surface area (Å²) >= 11 is 6.88. The number of rotatable bonds is 3. The number of carboxylic acids is 1. The van der Waals surface area contributed by atoms with E-state index in [0.717, 1.165) is 0 Å². The van der Waals surface area contributed by atoms with Crippen molar-refractivity contribution < 1.29 is 14.7 Å². The van der Waals surface area contributed by atoms with Crippen LogP contribution in [0.15, 0.2) is 0 Å². The van der Waals surface area contributed by atoms with E-state index in [1.54, 1.807) is 0 Å². The van der Waals surface area contributed by atoms with Crippen LogP contribution in [0.4, 0.5) is 0 Å². The lowest BCUT2D eigenvalue weighted by Crippen LogP contribution is -2.45. The smallest absolute Gasteiger partial charge is 0.329 e. The molecule has 3 N–H and O–H groups in total. The summed E-state index contributed by atoms with van der Waals surface area (Å²) < 4.78 is -1.84. The summed E-state index contributed by atoms with van der Waals surface area (Å²) in [6, 6.07) is 0. The van der Waals surface area contributed by atoms with Gasteiger partial charge in [0.2, 0.25) is 5.12 Å². The van der Waals surface area contributed by atoms with Crippen LogP contribution >= 0.6 is 25.3 Å². The fourth-order valence-corrected chi connectivity index (χ4v) is 0.453. The summed E-state index contributed by atoms with van der Waals surface area (Å²) in [5, 5.41) is 7.52. The lowest BCUT2D eigenvalue weighted by Gasteiger charge is -2.15. The summed E-state index contributed by atoms with van der Waals surface area (Å²) in [4.78, 5) is 20.7. The van der Waals surface area contributed by atoms with Crippen LogP contribution in [0.3, 0.4) is 0 Å². The molecule has 1 atom stereocenters. The van der Waals surface area contributed by atoms with E-state index in [2.05, 4.69) is 25.3 Å². The van der Waals surface area contributed by atoms with E-state index in [1.807, 2.05) is 0 Å². The Morgan fingerprint density at radius 3 is 2.00 bits per heavy atom. The minimum absolute atomic E-state index is 0.367. The van der Waals surface area contributed by atoms with Crippen LogP contribution < -0.4 is 5.73 Å². The van der Waals surface area contributed by atoms with Crippen molar-refractivity contribution in [1.29, 1.82) is 0 Å². The summed E-state index contributed by atoms with van der Waals surface area (Å²) in [7, 11) is 0. The van der Waals surface area contributed by atoms with Crippen molar-refractivity contribution >= 4 is 36.3 Å². The van der Waals surface area contributed by atoms with Gasteiger partial charge in [0, 0.05) is 6.54 Å². The number of carbonyl (C=O) groups is 2. The SMILES string of the molecule is NCC(S)(C(=O)O)C(=O)S. The second-order valence-corrected chi connectivity index (χ2v) is 2.84. The number of aliphatic carboxylic acids is 1. The highest BCUT2D eigenvalue weighted by Crippen LogP contribution is 2.16. The van der Waals surface area contributed by atoms with Crippen molar-refractivity contribution in [3.8, 4) is 0 Å². The largest absolute Gasteiger partial charge is 0.480 e. The normalized spacial score (nSPS) is 15.9. The third-order valence-electron chi connectivity index (χ3n) is 1.00. The maximum atomic E-state index is 10.5. The van der Waals surface area contributed by atoms with Crippen LogP contribution in [0.1, 0.15) is 0 Å². The Balaban J connectivity index is 4.55. The molecule has 0 radical (unpaired) electrons. The van der Waals surface area contributed by atoms with Crippen molar-refractivity contribution in [2.24, 2.45) is 5.73 Å². The Hall–Kier alpha value is -0.200. The first kappa shape index (κ1) is 9.80. The maximum Gasteiger partial charge on any atom is 0.329 e. The third-order valence-corrected chi connectivity index (χ3v) is 2.14. The molecular formula is C4H7NO3S2. The molecule has 0 aromatic heterocycles. The molecule has 0 aliphatic rings. The number of nitrogens with two attached hydrogens (primary N) is 1. The first-order valence-corrected chi connectivity index (χ1v) is 3.24. The van der Waals surface area contributed by atoms with Gasteiger partial charge < -0.3 is 10.8 Å². The minimum Gasteiger partial charge on any atom is -0.480 e. The van der Waals surface area contributed by atoms with Crippen LogP contribution in [0, 0.1) is 0 Å². The predicted octanol–water partition coefficient (Wildman–Crippen LogP) is -0.845. The molecule has 6 heteroatoms. The highest BCUT2D eigenvalue weighted by Gasteiger charge is 2.39. The molecule has 0 saturated carbocycles. The predicted molar refractivity (Wildman–Crippen MR) is 42.4 cm³/mol. The molecule has 58 valence electrons. The van der Waals surface area contributed by atoms with Gasteiger partial charge in [-0.15, -0.1) is 12.6 Å².